The van der Waals surface area contributed by atoms with E-state index in [-0.39, 0.29) is 0 Å². The maximum atomic E-state index is 9.56. The van der Waals surface area contributed by atoms with Crippen molar-refractivity contribution in [3.8, 4) is 0 Å². The van der Waals surface area contributed by atoms with Crippen molar-refractivity contribution in [3.05, 3.63) is 24.3 Å². The van der Waals surface area contributed by atoms with Crippen molar-refractivity contribution < 1.29 is 5.11 Å². The molecule has 0 aromatic rings. The van der Waals surface area contributed by atoms with Crippen LogP contribution < -0.4 is 0 Å². The second-order valence-electron chi connectivity index (χ2n) is 3.71. The molecule has 1 aliphatic carbocycles. The van der Waals surface area contributed by atoms with Crippen LogP contribution in [0.15, 0.2) is 24.3 Å². The first kappa shape index (κ1) is 12.4. The molecule has 2 atom stereocenters. The van der Waals surface area contributed by atoms with E-state index in [0.29, 0.717) is 5.92 Å². The van der Waals surface area contributed by atoms with E-state index in [2.05, 4.69) is 12.7 Å². The highest BCUT2D eigenvalue weighted by Gasteiger charge is 2.23. The zero-order chi connectivity index (χ0) is 10.5. The highest BCUT2D eigenvalue weighted by Crippen LogP contribution is 2.28. The zero-order valence-electron chi connectivity index (χ0n) is 9.30. The molecule has 0 saturated carbocycles. The minimum Gasteiger partial charge on any atom is -0.386 e. The van der Waals surface area contributed by atoms with Crippen molar-refractivity contribution in [1.29, 1.82) is 0 Å². The first-order valence-corrected chi connectivity index (χ1v) is 5.08. The van der Waals surface area contributed by atoms with Crippen LogP contribution in [0.25, 0.3) is 0 Å². The van der Waals surface area contributed by atoms with E-state index in [1.54, 1.807) is 0 Å². The van der Waals surface area contributed by atoms with Crippen molar-refractivity contribution in [1.82, 2.24) is 0 Å². The number of hydrogen-bond donors (Lipinski definition) is 1. The number of rotatable bonds is 1. The van der Waals surface area contributed by atoms with Crippen LogP contribution in [0.2, 0.25) is 0 Å². The normalized spacial score (nSPS) is 31.9. The lowest BCUT2D eigenvalue weighted by Gasteiger charge is -2.27. The Morgan fingerprint density at radius 1 is 1.54 bits per heavy atom. The summed E-state index contributed by atoms with van der Waals surface area (Å²) in [5, 5.41) is 9.56. The Hall–Kier alpha value is -0.560. The van der Waals surface area contributed by atoms with Gasteiger partial charge in [0.15, 0.2) is 0 Å². The van der Waals surface area contributed by atoms with Gasteiger partial charge in [0.1, 0.15) is 0 Å². The van der Waals surface area contributed by atoms with Crippen LogP contribution in [0.3, 0.4) is 0 Å². The second kappa shape index (κ2) is 5.23. The quantitative estimate of drug-likeness (QED) is 0.617. The standard InChI is InChI=1S/C10H16O.C2H6/c1-8(2)9-4-6-10(3,11)7-5-9;1-2/h4,6,9,11H,1,5,7H2,2-3H3;1-2H3. The number of allylic oxidation sites excluding steroid dienone is 2. The van der Waals surface area contributed by atoms with E-state index in [1.807, 2.05) is 33.8 Å². The molecule has 0 aromatic heterocycles. The first-order valence-electron chi connectivity index (χ1n) is 5.08. The third-order valence-corrected chi connectivity index (χ3v) is 2.28. The lowest BCUT2D eigenvalue weighted by molar-refractivity contribution is 0.0903. The summed E-state index contributed by atoms with van der Waals surface area (Å²) in [5.41, 5.74) is 0.614. The summed E-state index contributed by atoms with van der Waals surface area (Å²) < 4.78 is 0. The van der Waals surface area contributed by atoms with Crippen LogP contribution in [0.1, 0.15) is 40.5 Å². The minimum absolute atomic E-state index is 0.482. The Balaban J connectivity index is 0.000000671. The molecule has 1 aliphatic rings. The Kier molecular flexibility index (Phi) is 5.01. The molecule has 2 unspecified atom stereocenters. The first-order chi connectivity index (χ1) is 6.01. The zero-order valence-corrected chi connectivity index (χ0v) is 9.30. The topological polar surface area (TPSA) is 20.2 Å². The molecule has 0 aliphatic heterocycles. The van der Waals surface area contributed by atoms with E-state index in [9.17, 15) is 5.11 Å². The fourth-order valence-electron chi connectivity index (χ4n) is 1.36. The summed E-state index contributed by atoms with van der Waals surface area (Å²) in [6.07, 6.45) is 5.82. The summed E-state index contributed by atoms with van der Waals surface area (Å²) in [6.45, 7) is 11.8. The molecule has 0 heterocycles. The second-order valence-corrected chi connectivity index (χ2v) is 3.71. The largest absolute Gasteiger partial charge is 0.386 e. The predicted molar refractivity (Wildman–Crippen MR) is 58.6 cm³/mol. The van der Waals surface area contributed by atoms with Crippen LogP contribution in [-0.4, -0.2) is 10.7 Å². The maximum Gasteiger partial charge on any atom is 0.0800 e. The molecule has 1 heteroatoms. The van der Waals surface area contributed by atoms with Crippen LogP contribution in [-0.2, 0) is 0 Å². The lowest BCUT2D eigenvalue weighted by Crippen LogP contribution is -2.25. The molecule has 1 N–H and O–H groups in total. The van der Waals surface area contributed by atoms with Crippen LogP contribution in [0, 0.1) is 5.92 Å². The van der Waals surface area contributed by atoms with Gasteiger partial charge in [-0.1, -0.05) is 38.2 Å². The smallest absolute Gasteiger partial charge is 0.0800 e. The summed E-state index contributed by atoms with van der Waals surface area (Å²) in [5.74, 6) is 0.482. The molecule has 76 valence electrons. The van der Waals surface area contributed by atoms with Gasteiger partial charge in [-0.2, -0.15) is 0 Å². The fourth-order valence-corrected chi connectivity index (χ4v) is 1.36. The van der Waals surface area contributed by atoms with E-state index in [4.69, 9.17) is 0 Å². The van der Waals surface area contributed by atoms with Crippen LogP contribution in [0.4, 0.5) is 0 Å². The molecule has 1 rings (SSSR count). The Labute approximate surface area is 82.2 Å². The lowest BCUT2D eigenvalue weighted by atomic mass is 9.84. The molecule has 0 spiro atoms. The molecule has 13 heavy (non-hydrogen) atoms. The van der Waals surface area contributed by atoms with Crippen molar-refractivity contribution in [2.75, 3.05) is 0 Å². The van der Waals surface area contributed by atoms with Gasteiger partial charge in [-0.15, -0.1) is 0 Å². The van der Waals surface area contributed by atoms with E-state index in [1.165, 1.54) is 5.57 Å². The molecular weight excluding hydrogens is 160 g/mol. The van der Waals surface area contributed by atoms with Gasteiger partial charge >= 0.3 is 0 Å². The molecule has 0 amide bonds. The molecule has 0 radical (unpaired) electrons. The maximum absolute atomic E-state index is 9.56. The average molecular weight is 182 g/mol. The van der Waals surface area contributed by atoms with Gasteiger partial charge in [-0.05, 0) is 32.6 Å². The van der Waals surface area contributed by atoms with Crippen molar-refractivity contribution in [2.45, 2.75) is 46.1 Å². The van der Waals surface area contributed by atoms with Crippen LogP contribution >= 0.6 is 0 Å². The monoisotopic (exact) mass is 182 g/mol. The molecule has 0 saturated heterocycles. The van der Waals surface area contributed by atoms with Gasteiger partial charge in [0, 0.05) is 0 Å². The summed E-state index contributed by atoms with van der Waals surface area (Å²) >= 11 is 0. The highest BCUT2D eigenvalue weighted by atomic mass is 16.3. The Bertz CT molecular complexity index is 189. The predicted octanol–water partition coefficient (Wildman–Crippen LogP) is 3.31. The minimum atomic E-state index is -0.577. The number of aliphatic hydroxyl groups is 1. The summed E-state index contributed by atoms with van der Waals surface area (Å²) in [4.78, 5) is 0. The van der Waals surface area contributed by atoms with Crippen molar-refractivity contribution >= 4 is 0 Å². The molecule has 0 bridgehead atoms. The molecule has 1 nitrogen and oxygen atoms in total. The van der Waals surface area contributed by atoms with Crippen molar-refractivity contribution in [2.24, 2.45) is 5.92 Å². The molecular formula is C12H22O. The summed E-state index contributed by atoms with van der Waals surface area (Å²) in [6, 6.07) is 0. The van der Waals surface area contributed by atoms with Gasteiger partial charge in [-0.25, -0.2) is 0 Å². The highest BCUT2D eigenvalue weighted by molar-refractivity contribution is 5.14. The van der Waals surface area contributed by atoms with Gasteiger partial charge < -0.3 is 5.11 Å². The van der Waals surface area contributed by atoms with E-state index >= 15 is 0 Å². The SMILES string of the molecule is C=C(C)C1C=CC(C)(O)CC1.CC. The van der Waals surface area contributed by atoms with Crippen LogP contribution in [0.5, 0.6) is 0 Å². The molecule has 0 fully saturated rings. The Morgan fingerprint density at radius 2 is 2.08 bits per heavy atom. The number of hydrogen-bond acceptors (Lipinski definition) is 1. The van der Waals surface area contributed by atoms with Gasteiger partial charge in [0.2, 0.25) is 0 Å². The van der Waals surface area contributed by atoms with E-state index in [0.717, 1.165) is 12.8 Å². The average Bonchev–Trinajstić information content (AvgIpc) is 2.07. The summed E-state index contributed by atoms with van der Waals surface area (Å²) in [7, 11) is 0. The van der Waals surface area contributed by atoms with E-state index < -0.39 is 5.60 Å². The Morgan fingerprint density at radius 3 is 2.38 bits per heavy atom. The van der Waals surface area contributed by atoms with Gasteiger partial charge in [0.05, 0.1) is 5.60 Å². The molecule has 0 aromatic carbocycles. The fraction of sp³-hybridized carbons (Fsp3) is 0.667. The van der Waals surface area contributed by atoms with Gasteiger partial charge in [-0.3, -0.25) is 0 Å². The third kappa shape index (κ3) is 4.28. The van der Waals surface area contributed by atoms with Gasteiger partial charge in [0.25, 0.3) is 0 Å². The third-order valence-electron chi connectivity index (χ3n) is 2.28. The van der Waals surface area contributed by atoms with Crippen molar-refractivity contribution in [3.63, 3.8) is 0 Å².